The van der Waals surface area contributed by atoms with Crippen LogP contribution in [0.25, 0.3) is 0 Å². The Labute approximate surface area is 109 Å². The Bertz CT molecular complexity index is 352. The lowest BCUT2D eigenvalue weighted by Crippen LogP contribution is -2.68. The van der Waals surface area contributed by atoms with Crippen LogP contribution in [-0.4, -0.2) is 34.8 Å². The van der Waals surface area contributed by atoms with Gasteiger partial charge in [0.15, 0.2) is 0 Å². The molecule has 4 nitrogen and oxygen atoms in total. The standard InChI is InChI=1S/C14H24N2O2/c1-4-14(3)13(18)16(10(2)12(17)15-14)9-5-6-11-7-8-11/h10-11H,4-9H2,1-3H3,(H,15,17). The highest BCUT2D eigenvalue weighted by molar-refractivity contribution is 5.99. The fourth-order valence-corrected chi connectivity index (χ4v) is 2.56. The maximum absolute atomic E-state index is 12.4. The van der Waals surface area contributed by atoms with Crippen LogP contribution >= 0.6 is 0 Å². The Morgan fingerprint density at radius 2 is 2.06 bits per heavy atom. The molecule has 2 amide bonds. The molecule has 1 saturated heterocycles. The summed E-state index contributed by atoms with van der Waals surface area (Å²) in [5.74, 6) is 0.935. The molecule has 2 rings (SSSR count). The quantitative estimate of drug-likeness (QED) is 0.809. The highest BCUT2D eigenvalue weighted by atomic mass is 16.2. The van der Waals surface area contributed by atoms with Crippen LogP contribution in [0.1, 0.15) is 52.9 Å². The lowest BCUT2D eigenvalue weighted by atomic mass is 9.92. The van der Waals surface area contributed by atoms with Crippen molar-refractivity contribution in [3.63, 3.8) is 0 Å². The van der Waals surface area contributed by atoms with E-state index >= 15 is 0 Å². The van der Waals surface area contributed by atoms with E-state index in [9.17, 15) is 9.59 Å². The highest BCUT2D eigenvalue weighted by Crippen LogP contribution is 2.33. The van der Waals surface area contributed by atoms with E-state index in [0.717, 1.165) is 18.9 Å². The average molecular weight is 252 g/mol. The molecule has 1 heterocycles. The van der Waals surface area contributed by atoms with Crippen LogP contribution in [0.5, 0.6) is 0 Å². The van der Waals surface area contributed by atoms with Crippen molar-refractivity contribution >= 4 is 11.8 Å². The fraction of sp³-hybridized carbons (Fsp3) is 0.857. The van der Waals surface area contributed by atoms with E-state index in [1.165, 1.54) is 19.3 Å². The average Bonchev–Trinajstić information content (AvgIpc) is 3.15. The molecule has 1 N–H and O–H groups in total. The second kappa shape index (κ2) is 4.90. The molecule has 2 atom stereocenters. The van der Waals surface area contributed by atoms with Crippen molar-refractivity contribution in [2.24, 2.45) is 5.92 Å². The molecule has 2 aliphatic rings. The van der Waals surface area contributed by atoms with E-state index in [2.05, 4.69) is 5.32 Å². The molecule has 1 aliphatic heterocycles. The van der Waals surface area contributed by atoms with Crippen molar-refractivity contribution in [1.29, 1.82) is 0 Å². The molecule has 0 aromatic rings. The third-order valence-electron chi connectivity index (χ3n) is 4.39. The Hall–Kier alpha value is -1.06. The molecule has 0 bridgehead atoms. The van der Waals surface area contributed by atoms with Crippen molar-refractivity contribution in [3.05, 3.63) is 0 Å². The first-order chi connectivity index (χ1) is 8.48. The van der Waals surface area contributed by atoms with Crippen LogP contribution in [-0.2, 0) is 9.59 Å². The van der Waals surface area contributed by atoms with Crippen molar-refractivity contribution < 1.29 is 9.59 Å². The Morgan fingerprint density at radius 3 is 2.61 bits per heavy atom. The zero-order valence-electron chi connectivity index (χ0n) is 11.7. The van der Waals surface area contributed by atoms with E-state index in [1.807, 2.05) is 20.8 Å². The van der Waals surface area contributed by atoms with E-state index in [1.54, 1.807) is 4.90 Å². The summed E-state index contributed by atoms with van der Waals surface area (Å²) >= 11 is 0. The summed E-state index contributed by atoms with van der Waals surface area (Å²) in [6.45, 7) is 6.31. The molecule has 0 aromatic heterocycles. The Kier molecular flexibility index (Phi) is 3.64. The number of hydrogen-bond acceptors (Lipinski definition) is 2. The van der Waals surface area contributed by atoms with Gasteiger partial charge in [-0.3, -0.25) is 9.59 Å². The van der Waals surface area contributed by atoms with Gasteiger partial charge in [0.25, 0.3) is 0 Å². The first kappa shape index (κ1) is 13.4. The highest BCUT2D eigenvalue weighted by Gasteiger charge is 2.44. The van der Waals surface area contributed by atoms with Gasteiger partial charge < -0.3 is 10.2 Å². The molecule has 2 fully saturated rings. The van der Waals surface area contributed by atoms with Crippen LogP contribution in [0.15, 0.2) is 0 Å². The first-order valence-electron chi connectivity index (χ1n) is 7.11. The van der Waals surface area contributed by atoms with Gasteiger partial charge in [0, 0.05) is 6.54 Å². The predicted molar refractivity (Wildman–Crippen MR) is 70.0 cm³/mol. The SMILES string of the molecule is CCC1(C)NC(=O)C(C)N(CCCC2CC2)C1=O. The van der Waals surface area contributed by atoms with Gasteiger partial charge >= 0.3 is 0 Å². The number of hydrogen-bond donors (Lipinski definition) is 1. The molecule has 1 aliphatic carbocycles. The van der Waals surface area contributed by atoms with Crippen molar-refractivity contribution in [1.82, 2.24) is 10.2 Å². The van der Waals surface area contributed by atoms with Gasteiger partial charge in [-0.25, -0.2) is 0 Å². The number of rotatable bonds is 5. The number of nitrogens with zero attached hydrogens (tertiary/aromatic N) is 1. The second-order valence-electron chi connectivity index (χ2n) is 5.94. The topological polar surface area (TPSA) is 49.4 Å². The van der Waals surface area contributed by atoms with E-state index < -0.39 is 5.54 Å². The van der Waals surface area contributed by atoms with Crippen LogP contribution in [0, 0.1) is 5.92 Å². The predicted octanol–water partition coefficient (Wildman–Crippen LogP) is 1.69. The molecule has 18 heavy (non-hydrogen) atoms. The molecule has 4 heteroatoms. The van der Waals surface area contributed by atoms with Gasteiger partial charge in [0.1, 0.15) is 11.6 Å². The van der Waals surface area contributed by atoms with Gasteiger partial charge in [-0.2, -0.15) is 0 Å². The smallest absolute Gasteiger partial charge is 0.248 e. The summed E-state index contributed by atoms with van der Waals surface area (Å²) in [6, 6.07) is -0.323. The summed E-state index contributed by atoms with van der Waals surface area (Å²) in [4.78, 5) is 26.1. The minimum Gasteiger partial charge on any atom is -0.340 e. The van der Waals surface area contributed by atoms with Gasteiger partial charge in [0.2, 0.25) is 11.8 Å². The first-order valence-corrected chi connectivity index (χ1v) is 7.11. The number of amides is 2. The van der Waals surface area contributed by atoms with Crippen molar-refractivity contribution in [2.75, 3.05) is 6.54 Å². The maximum atomic E-state index is 12.4. The van der Waals surface area contributed by atoms with E-state index in [0.29, 0.717) is 6.42 Å². The third-order valence-corrected chi connectivity index (χ3v) is 4.39. The Balaban J connectivity index is 1.99. The normalized spacial score (nSPS) is 32.6. The van der Waals surface area contributed by atoms with Gasteiger partial charge in [-0.05, 0) is 39.0 Å². The van der Waals surface area contributed by atoms with E-state index in [4.69, 9.17) is 0 Å². The summed E-state index contributed by atoms with van der Waals surface area (Å²) in [6.07, 6.45) is 5.55. The molecule has 102 valence electrons. The summed E-state index contributed by atoms with van der Waals surface area (Å²) < 4.78 is 0. The van der Waals surface area contributed by atoms with Crippen LogP contribution < -0.4 is 5.32 Å². The minimum atomic E-state index is -0.705. The summed E-state index contributed by atoms with van der Waals surface area (Å²) in [5, 5.41) is 2.85. The molecule has 0 aromatic carbocycles. The molecule has 0 spiro atoms. The number of piperazine rings is 1. The fourth-order valence-electron chi connectivity index (χ4n) is 2.56. The largest absolute Gasteiger partial charge is 0.340 e. The van der Waals surface area contributed by atoms with Crippen LogP contribution in [0.3, 0.4) is 0 Å². The van der Waals surface area contributed by atoms with Gasteiger partial charge in [-0.1, -0.05) is 19.8 Å². The second-order valence-corrected chi connectivity index (χ2v) is 5.94. The monoisotopic (exact) mass is 252 g/mol. The summed E-state index contributed by atoms with van der Waals surface area (Å²) in [5.41, 5.74) is -0.705. The number of carbonyl (C=O) groups is 2. The third kappa shape index (κ3) is 2.52. The van der Waals surface area contributed by atoms with Crippen molar-refractivity contribution in [2.45, 2.75) is 64.5 Å². The molecular formula is C14H24N2O2. The van der Waals surface area contributed by atoms with Crippen LogP contribution in [0.4, 0.5) is 0 Å². The minimum absolute atomic E-state index is 0.0228. The van der Waals surface area contributed by atoms with Crippen LogP contribution in [0.2, 0.25) is 0 Å². The molecule has 0 radical (unpaired) electrons. The molecular weight excluding hydrogens is 228 g/mol. The van der Waals surface area contributed by atoms with E-state index in [-0.39, 0.29) is 17.9 Å². The number of carbonyl (C=O) groups excluding carboxylic acids is 2. The van der Waals surface area contributed by atoms with Gasteiger partial charge in [0.05, 0.1) is 0 Å². The Morgan fingerprint density at radius 1 is 1.39 bits per heavy atom. The number of nitrogens with one attached hydrogen (secondary N) is 1. The lowest BCUT2D eigenvalue weighted by molar-refractivity contribution is -0.153. The molecule has 2 unspecified atom stereocenters. The summed E-state index contributed by atoms with van der Waals surface area (Å²) in [7, 11) is 0. The maximum Gasteiger partial charge on any atom is 0.248 e. The van der Waals surface area contributed by atoms with Crippen molar-refractivity contribution in [3.8, 4) is 0 Å². The zero-order valence-corrected chi connectivity index (χ0v) is 11.7. The lowest BCUT2D eigenvalue weighted by Gasteiger charge is -2.43. The molecule has 1 saturated carbocycles. The van der Waals surface area contributed by atoms with Gasteiger partial charge in [-0.15, -0.1) is 0 Å². The zero-order chi connectivity index (χ0) is 13.3.